The van der Waals surface area contributed by atoms with Crippen LogP contribution in [-0.4, -0.2) is 16.3 Å². The van der Waals surface area contributed by atoms with Crippen LogP contribution in [0.2, 0.25) is 0 Å². The zero-order valence-corrected chi connectivity index (χ0v) is 12.5. The van der Waals surface area contributed by atoms with Crippen LogP contribution in [0.4, 0.5) is 4.79 Å². The molecule has 4 nitrogen and oxygen atoms in total. The third-order valence-electron chi connectivity index (χ3n) is 2.46. The van der Waals surface area contributed by atoms with E-state index >= 15 is 0 Å². The quantitative estimate of drug-likeness (QED) is 0.735. The standard InChI is InChI=1S/C14H13BrN2O2/c1-14(2,3)19-13(18)17-5-4-10-6-9(8-16)7-11(15)12(10)17/h4-7H,1-3H3. The summed E-state index contributed by atoms with van der Waals surface area (Å²) in [4.78, 5) is 12.1. The minimum absolute atomic E-state index is 0.437. The molecule has 0 spiro atoms. The number of hydrogen-bond donors (Lipinski definition) is 0. The number of hydrogen-bond acceptors (Lipinski definition) is 3. The predicted molar refractivity (Wildman–Crippen MR) is 76.0 cm³/mol. The highest BCUT2D eigenvalue weighted by Crippen LogP contribution is 2.27. The van der Waals surface area contributed by atoms with Crippen molar-refractivity contribution in [1.82, 2.24) is 4.57 Å². The van der Waals surface area contributed by atoms with Crippen LogP contribution in [0.15, 0.2) is 28.9 Å². The molecule has 0 N–H and O–H groups in total. The van der Waals surface area contributed by atoms with E-state index in [1.165, 1.54) is 4.57 Å². The largest absolute Gasteiger partial charge is 0.443 e. The van der Waals surface area contributed by atoms with Crippen LogP contribution in [0.5, 0.6) is 0 Å². The Kier molecular flexibility index (Phi) is 3.38. The maximum absolute atomic E-state index is 12.1. The number of nitrogens with zero attached hydrogens (tertiary/aromatic N) is 2. The molecular weight excluding hydrogens is 308 g/mol. The highest BCUT2D eigenvalue weighted by atomic mass is 79.9. The van der Waals surface area contributed by atoms with Gasteiger partial charge in [0.1, 0.15) is 5.60 Å². The Labute approximate surface area is 119 Å². The van der Waals surface area contributed by atoms with E-state index in [1.54, 1.807) is 24.4 Å². The van der Waals surface area contributed by atoms with Gasteiger partial charge in [0.15, 0.2) is 0 Å². The van der Waals surface area contributed by atoms with Crippen LogP contribution in [-0.2, 0) is 4.74 Å². The van der Waals surface area contributed by atoms with Crippen molar-refractivity contribution in [2.75, 3.05) is 0 Å². The van der Waals surface area contributed by atoms with Crippen molar-refractivity contribution in [3.8, 4) is 6.07 Å². The summed E-state index contributed by atoms with van der Waals surface area (Å²) in [7, 11) is 0. The number of benzene rings is 1. The lowest BCUT2D eigenvalue weighted by molar-refractivity contribution is 0.0544. The normalized spacial score (nSPS) is 11.3. The van der Waals surface area contributed by atoms with Gasteiger partial charge in [-0.05, 0) is 54.9 Å². The number of ether oxygens (including phenoxy) is 1. The Bertz CT molecular complexity index is 690. The van der Waals surface area contributed by atoms with E-state index in [0.29, 0.717) is 15.6 Å². The van der Waals surface area contributed by atoms with Crippen molar-refractivity contribution in [1.29, 1.82) is 5.26 Å². The highest BCUT2D eigenvalue weighted by Gasteiger charge is 2.20. The molecule has 0 aliphatic carbocycles. The number of carbonyl (C=O) groups excluding carboxylic acids is 1. The topological polar surface area (TPSA) is 55.0 Å². The van der Waals surface area contributed by atoms with Crippen LogP contribution in [0.3, 0.4) is 0 Å². The SMILES string of the molecule is CC(C)(C)OC(=O)n1ccc2cc(C#N)cc(Br)c21. The Morgan fingerprint density at radius 3 is 2.68 bits per heavy atom. The summed E-state index contributed by atoms with van der Waals surface area (Å²) in [5.41, 5.74) is 0.696. The molecule has 0 atom stereocenters. The molecule has 19 heavy (non-hydrogen) atoms. The van der Waals surface area contributed by atoms with E-state index in [2.05, 4.69) is 22.0 Å². The lowest BCUT2D eigenvalue weighted by atomic mass is 10.2. The van der Waals surface area contributed by atoms with Gasteiger partial charge in [-0.1, -0.05) is 0 Å². The van der Waals surface area contributed by atoms with Crippen molar-refractivity contribution in [2.45, 2.75) is 26.4 Å². The molecule has 0 bridgehead atoms. The van der Waals surface area contributed by atoms with E-state index in [-0.39, 0.29) is 0 Å². The molecule has 2 aromatic rings. The molecule has 2 rings (SSSR count). The molecule has 0 saturated carbocycles. The van der Waals surface area contributed by atoms with Crippen molar-refractivity contribution in [3.63, 3.8) is 0 Å². The molecule has 98 valence electrons. The van der Waals surface area contributed by atoms with E-state index in [0.717, 1.165) is 5.39 Å². The van der Waals surface area contributed by atoms with Crippen molar-refractivity contribution in [3.05, 3.63) is 34.4 Å². The molecule has 1 heterocycles. The average Bonchev–Trinajstić information content (AvgIpc) is 2.70. The second-order valence-corrected chi connectivity index (χ2v) is 6.03. The summed E-state index contributed by atoms with van der Waals surface area (Å²) in [6.07, 6.45) is 1.21. The van der Waals surface area contributed by atoms with Crippen molar-refractivity contribution in [2.24, 2.45) is 0 Å². The van der Waals surface area contributed by atoms with Crippen molar-refractivity contribution >= 4 is 32.9 Å². The van der Waals surface area contributed by atoms with Gasteiger partial charge in [-0.25, -0.2) is 4.79 Å². The van der Waals surface area contributed by atoms with Gasteiger partial charge in [-0.2, -0.15) is 5.26 Å². The fourth-order valence-electron chi connectivity index (χ4n) is 1.76. The molecule has 0 aliphatic rings. The summed E-state index contributed by atoms with van der Waals surface area (Å²) in [6, 6.07) is 7.28. The predicted octanol–water partition coefficient (Wildman–Crippen LogP) is 4.06. The third kappa shape index (κ3) is 2.79. The molecule has 0 fully saturated rings. The van der Waals surface area contributed by atoms with Gasteiger partial charge < -0.3 is 4.74 Å². The second-order valence-electron chi connectivity index (χ2n) is 5.17. The van der Waals surface area contributed by atoms with Crippen LogP contribution < -0.4 is 0 Å². The number of rotatable bonds is 0. The molecule has 0 saturated heterocycles. The van der Waals surface area contributed by atoms with Gasteiger partial charge in [0.25, 0.3) is 0 Å². The monoisotopic (exact) mass is 320 g/mol. The molecule has 1 aromatic carbocycles. The zero-order chi connectivity index (χ0) is 14.2. The van der Waals surface area contributed by atoms with Crippen LogP contribution in [0, 0.1) is 11.3 Å². The minimum Gasteiger partial charge on any atom is -0.443 e. The lowest BCUT2D eigenvalue weighted by Gasteiger charge is -2.20. The Morgan fingerprint density at radius 2 is 2.11 bits per heavy atom. The van der Waals surface area contributed by atoms with Gasteiger partial charge >= 0.3 is 6.09 Å². The summed E-state index contributed by atoms with van der Waals surface area (Å²) in [5.74, 6) is 0. The number of aromatic nitrogens is 1. The van der Waals surface area contributed by atoms with Crippen LogP contribution in [0.25, 0.3) is 10.9 Å². The molecule has 1 aromatic heterocycles. The van der Waals surface area contributed by atoms with E-state index in [4.69, 9.17) is 10.00 Å². The smallest absolute Gasteiger partial charge is 0.419 e. The first-order valence-electron chi connectivity index (χ1n) is 5.76. The Hall–Kier alpha value is -1.80. The van der Waals surface area contributed by atoms with E-state index in [9.17, 15) is 4.79 Å². The first-order chi connectivity index (χ1) is 8.81. The van der Waals surface area contributed by atoms with Crippen LogP contribution in [0.1, 0.15) is 26.3 Å². The first kappa shape index (κ1) is 13.6. The fourth-order valence-corrected chi connectivity index (χ4v) is 2.43. The summed E-state index contributed by atoms with van der Waals surface area (Å²) in [6.45, 7) is 5.46. The average molecular weight is 321 g/mol. The maximum atomic E-state index is 12.1. The summed E-state index contributed by atoms with van der Waals surface area (Å²) >= 11 is 3.39. The molecule has 0 amide bonds. The zero-order valence-electron chi connectivity index (χ0n) is 10.9. The molecule has 0 aliphatic heterocycles. The lowest BCUT2D eigenvalue weighted by Crippen LogP contribution is -2.26. The van der Waals surface area contributed by atoms with Gasteiger partial charge in [0.2, 0.25) is 0 Å². The second kappa shape index (κ2) is 4.71. The summed E-state index contributed by atoms with van der Waals surface area (Å²) in [5, 5.41) is 9.74. The summed E-state index contributed by atoms with van der Waals surface area (Å²) < 4.78 is 7.47. The maximum Gasteiger partial charge on any atom is 0.419 e. The number of nitriles is 1. The number of halogens is 1. The van der Waals surface area contributed by atoms with Gasteiger partial charge in [0.05, 0.1) is 17.1 Å². The van der Waals surface area contributed by atoms with Gasteiger partial charge in [-0.3, -0.25) is 4.57 Å². The van der Waals surface area contributed by atoms with Gasteiger partial charge in [-0.15, -0.1) is 0 Å². The molecule has 0 radical (unpaired) electrons. The first-order valence-corrected chi connectivity index (χ1v) is 6.55. The Morgan fingerprint density at radius 1 is 1.42 bits per heavy atom. The van der Waals surface area contributed by atoms with Gasteiger partial charge in [0, 0.05) is 16.1 Å². The molecular formula is C14H13BrN2O2. The minimum atomic E-state index is -0.549. The fraction of sp³-hybridized carbons (Fsp3) is 0.286. The molecule has 0 unspecified atom stereocenters. The van der Waals surface area contributed by atoms with Crippen molar-refractivity contribution < 1.29 is 9.53 Å². The number of carbonyl (C=O) groups is 1. The van der Waals surface area contributed by atoms with E-state index in [1.807, 2.05) is 20.8 Å². The van der Waals surface area contributed by atoms with Crippen LogP contribution >= 0.6 is 15.9 Å². The van der Waals surface area contributed by atoms with E-state index < -0.39 is 11.7 Å². The number of fused-ring (bicyclic) bond motifs is 1. The Balaban J connectivity index is 2.52. The molecule has 5 heteroatoms. The highest BCUT2D eigenvalue weighted by molar-refractivity contribution is 9.10. The third-order valence-corrected chi connectivity index (χ3v) is 3.06.